The first-order chi connectivity index (χ1) is 8.29. The molecule has 0 spiro atoms. The van der Waals surface area contributed by atoms with E-state index in [-0.39, 0.29) is 0 Å². The van der Waals surface area contributed by atoms with E-state index in [0.717, 1.165) is 10.6 Å². The van der Waals surface area contributed by atoms with Crippen LogP contribution in [0.25, 0.3) is 0 Å². The number of rotatable bonds is 4. The molecule has 0 saturated carbocycles. The largest absolute Gasteiger partial charge is 0.387 e. The molecule has 0 bridgehead atoms. The third kappa shape index (κ3) is 3.32. The van der Waals surface area contributed by atoms with Crippen LogP contribution in [-0.2, 0) is 0 Å². The summed E-state index contributed by atoms with van der Waals surface area (Å²) in [6.45, 7) is 1.94. The SMILES string of the molecule is CC[C@@H](O)c1ccc(Sc2ccccc2)cn1. The Bertz CT molecular complexity index is 455. The summed E-state index contributed by atoms with van der Waals surface area (Å²) in [7, 11) is 0. The molecule has 0 aliphatic carbocycles. The quantitative estimate of drug-likeness (QED) is 0.892. The summed E-state index contributed by atoms with van der Waals surface area (Å²) in [4.78, 5) is 6.55. The summed E-state index contributed by atoms with van der Waals surface area (Å²) in [5, 5.41) is 9.64. The average Bonchev–Trinajstić information content (AvgIpc) is 2.40. The lowest BCUT2D eigenvalue weighted by atomic mass is 10.2. The standard InChI is InChI=1S/C14H15NOS/c1-2-14(16)13-9-8-12(10-15-13)17-11-6-4-3-5-7-11/h3-10,14,16H,2H2,1H3/t14-/m1/s1. The Morgan fingerprint density at radius 2 is 1.88 bits per heavy atom. The van der Waals surface area contributed by atoms with Crippen molar-refractivity contribution >= 4 is 11.8 Å². The molecule has 0 unspecified atom stereocenters. The summed E-state index contributed by atoms with van der Waals surface area (Å²) in [6, 6.07) is 14.1. The number of nitrogens with zero attached hydrogens (tertiary/aromatic N) is 1. The molecule has 0 aliphatic heterocycles. The first-order valence-corrected chi connectivity index (χ1v) is 6.48. The van der Waals surface area contributed by atoms with E-state index in [1.807, 2.05) is 43.5 Å². The minimum absolute atomic E-state index is 0.453. The number of aliphatic hydroxyl groups is 1. The molecule has 2 rings (SSSR count). The Morgan fingerprint density at radius 1 is 1.12 bits per heavy atom. The van der Waals surface area contributed by atoms with Crippen LogP contribution < -0.4 is 0 Å². The zero-order valence-corrected chi connectivity index (χ0v) is 10.5. The van der Waals surface area contributed by atoms with Crippen LogP contribution >= 0.6 is 11.8 Å². The first-order valence-electron chi connectivity index (χ1n) is 5.66. The predicted molar refractivity (Wildman–Crippen MR) is 70.1 cm³/mol. The Labute approximate surface area is 106 Å². The summed E-state index contributed by atoms with van der Waals surface area (Å²) < 4.78 is 0. The summed E-state index contributed by atoms with van der Waals surface area (Å²) in [6.07, 6.45) is 2.05. The van der Waals surface area contributed by atoms with Crippen molar-refractivity contribution in [2.45, 2.75) is 29.2 Å². The lowest BCUT2D eigenvalue weighted by Crippen LogP contribution is -1.97. The molecule has 0 amide bonds. The fourth-order valence-corrected chi connectivity index (χ4v) is 2.29. The van der Waals surface area contributed by atoms with E-state index in [1.165, 1.54) is 4.90 Å². The molecule has 3 heteroatoms. The molecule has 17 heavy (non-hydrogen) atoms. The molecule has 1 atom stereocenters. The number of hydrogen-bond acceptors (Lipinski definition) is 3. The summed E-state index contributed by atoms with van der Waals surface area (Å²) in [5.41, 5.74) is 0.741. The van der Waals surface area contributed by atoms with Gasteiger partial charge in [-0.2, -0.15) is 0 Å². The van der Waals surface area contributed by atoms with E-state index < -0.39 is 6.10 Å². The van der Waals surface area contributed by atoms with Crippen LogP contribution in [0, 0.1) is 0 Å². The average molecular weight is 245 g/mol. The van der Waals surface area contributed by atoms with E-state index in [1.54, 1.807) is 11.8 Å². The Balaban J connectivity index is 2.08. The normalized spacial score (nSPS) is 12.4. The van der Waals surface area contributed by atoms with Crippen LogP contribution in [0.5, 0.6) is 0 Å². The zero-order valence-electron chi connectivity index (χ0n) is 9.71. The van der Waals surface area contributed by atoms with Crippen molar-refractivity contribution in [2.75, 3.05) is 0 Å². The number of aliphatic hydroxyl groups excluding tert-OH is 1. The minimum atomic E-state index is -0.453. The molecule has 0 fully saturated rings. The van der Waals surface area contributed by atoms with E-state index in [0.29, 0.717) is 6.42 Å². The monoisotopic (exact) mass is 245 g/mol. The van der Waals surface area contributed by atoms with E-state index in [4.69, 9.17) is 0 Å². The topological polar surface area (TPSA) is 33.1 Å². The number of pyridine rings is 1. The molecule has 0 saturated heterocycles. The molecular formula is C14H15NOS. The van der Waals surface area contributed by atoms with Gasteiger partial charge in [-0.05, 0) is 30.7 Å². The van der Waals surface area contributed by atoms with Gasteiger partial charge < -0.3 is 5.11 Å². The highest BCUT2D eigenvalue weighted by Crippen LogP contribution is 2.27. The predicted octanol–water partition coefficient (Wildman–Crippen LogP) is 3.68. The molecule has 1 heterocycles. The van der Waals surface area contributed by atoms with Gasteiger partial charge in [0.2, 0.25) is 0 Å². The van der Waals surface area contributed by atoms with E-state index >= 15 is 0 Å². The van der Waals surface area contributed by atoms with Gasteiger partial charge in [-0.3, -0.25) is 4.98 Å². The fraction of sp³-hybridized carbons (Fsp3) is 0.214. The third-order valence-electron chi connectivity index (χ3n) is 2.47. The third-order valence-corrected chi connectivity index (χ3v) is 3.45. The second kappa shape index (κ2) is 5.84. The maximum absolute atomic E-state index is 9.64. The smallest absolute Gasteiger partial charge is 0.0957 e. The van der Waals surface area contributed by atoms with Crippen LogP contribution in [0.15, 0.2) is 58.5 Å². The van der Waals surface area contributed by atoms with Gasteiger partial charge in [0.25, 0.3) is 0 Å². The summed E-state index contributed by atoms with van der Waals surface area (Å²) >= 11 is 1.67. The number of hydrogen-bond donors (Lipinski definition) is 1. The molecule has 88 valence electrons. The van der Waals surface area contributed by atoms with Crippen LogP contribution in [-0.4, -0.2) is 10.1 Å². The minimum Gasteiger partial charge on any atom is -0.387 e. The molecule has 0 aliphatic rings. The molecule has 1 N–H and O–H groups in total. The van der Waals surface area contributed by atoms with Crippen LogP contribution in [0.2, 0.25) is 0 Å². The molecule has 0 radical (unpaired) electrons. The van der Waals surface area contributed by atoms with Gasteiger partial charge in [0.05, 0.1) is 11.8 Å². The van der Waals surface area contributed by atoms with Crippen molar-refractivity contribution < 1.29 is 5.11 Å². The zero-order chi connectivity index (χ0) is 12.1. The Hall–Kier alpha value is -1.32. The molecule has 2 aromatic rings. The van der Waals surface area contributed by atoms with Gasteiger partial charge in [-0.15, -0.1) is 0 Å². The molecule has 1 aromatic carbocycles. The molecular weight excluding hydrogens is 230 g/mol. The molecule has 2 nitrogen and oxygen atoms in total. The maximum atomic E-state index is 9.64. The Kier molecular flexibility index (Phi) is 4.18. The van der Waals surface area contributed by atoms with E-state index in [2.05, 4.69) is 17.1 Å². The fourth-order valence-electron chi connectivity index (χ4n) is 1.48. The lowest BCUT2D eigenvalue weighted by molar-refractivity contribution is 0.169. The highest BCUT2D eigenvalue weighted by atomic mass is 32.2. The van der Waals surface area contributed by atoms with Crippen molar-refractivity contribution in [3.8, 4) is 0 Å². The highest BCUT2D eigenvalue weighted by Gasteiger charge is 2.06. The van der Waals surface area contributed by atoms with Gasteiger partial charge in [-0.25, -0.2) is 0 Å². The van der Waals surface area contributed by atoms with Gasteiger partial charge >= 0.3 is 0 Å². The Morgan fingerprint density at radius 3 is 2.47 bits per heavy atom. The van der Waals surface area contributed by atoms with Crippen molar-refractivity contribution in [1.29, 1.82) is 0 Å². The second-order valence-electron chi connectivity index (χ2n) is 3.76. The van der Waals surface area contributed by atoms with Gasteiger partial charge in [0.15, 0.2) is 0 Å². The number of aromatic nitrogens is 1. The van der Waals surface area contributed by atoms with Crippen molar-refractivity contribution in [1.82, 2.24) is 4.98 Å². The first kappa shape index (κ1) is 12.1. The highest BCUT2D eigenvalue weighted by molar-refractivity contribution is 7.99. The van der Waals surface area contributed by atoms with Crippen LogP contribution in [0.3, 0.4) is 0 Å². The van der Waals surface area contributed by atoms with E-state index in [9.17, 15) is 5.11 Å². The van der Waals surface area contributed by atoms with Crippen LogP contribution in [0.1, 0.15) is 25.1 Å². The van der Waals surface area contributed by atoms with Crippen molar-refractivity contribution in [3.63, 3.8) is 0 Å². The van der Waals surface area contributed by atoms with Crippen molar-refractivity contribution in [3.05, 3.63) is 54.4 Å². The second-order valence-corrected chi connectivity index (χ2v) is 4.90. The van der Waals surface area contributed by atoms with Gasteiger partial charge in [0, 0.05) is 16.0 Å². The van der Waals surface area contributed by atoms with Gasteiger partial charge in [0.1, 0.15) is 0 Å². The van der Waals surface area contributed by atoms with Crippen LogP contribution in [0.4, 0.5) is 0 Å². The maximum Gasteiger partial charge on any atom is 0.0957 e. The number of benzene rings is 1. The summed E-state index contributed by atoms with van der Waals surface area (Å²) in [5.74, 6) is 0. The van der Waals surface area contributed by atoms with Crippen molar-refractivity contribution in [2.24, 2.45) is 0 Å². The van der Waals surface area contributed by atoms with Gasteiger partial charge in [-0.1, -0.05) is 36.9 Å². The molecule has 1 aromatic heterocycles. The lowest BCUT2D eigenvalue weighted by Gasteiger charge is -2.07.